The Morgan fingerprint density at radius 2 is 1.64 bits per heavy atom. The zero-order chi connectivity index (χ0) is 22.9. The number of benzene rings is 3. The molecule has 0 saturated carbocycles. The number of allylic oxidation sites excluding steroid dienone is 1. The molecule has 5 rings (SSSR count). The SMILES string of the molecule is CC1=C(c2nc(-c3cccc(C)c3)no2)C(c2ccccc2)NC(=O)N1c1ccc(C)cc1. The molecule has 1 aliphatic rings. The van der Waals surface area contributed by atoms with Crippen molar-refractivity contribution in [2.75, 3.05) is 4.90 Å². The van der Waals surface area contributed by atoms with E-state index >= 15 is 0 Å². The van der Waals surface area contributed by atoms with Crippen molar-refractivity contribution in [3.63, 3.8) is 0 Å². The van der Waals surface area contributed by atoms with Crippen LogP contribution in [0.5, 0.6) is 0 Å². The van der Waals surface area contributed by atoms with Crippen LogP contribution < -0.4 is 10.2 Å². The third-order valence-electron chi connectivity index (χ3n) is 5.84. The molecule has 0 fully saturated rings. The van der Waals surface area contributed by atoms with E-state index in [0.29, 0.717) is 11.7 Å². The fourth-order valence-corrected chi connectivity index (χ4v) is 4.15. The maximum absolute atomic E-state index is 13.2. The summed E-state index contributed by atoms with van der Waals surface area (Å²) in [7, 11) is 0. The smallest absolute Gasteiger partial charge is 0.326 e. The van der Waals surface area contributed by atoms with Gasteiger partial charge in [0.25, 0.3) is 5.89 Å². The van der Waals surface area contributed by atoms with Crippen molar-refractivity contribution >= 4 is 17.3 Å². The van der Waals surface area contributed by atoms with Crippen molar-refractivity contribution in [2.24, 2.45) is 0 Å². The molecule has 1 unspecified atom stereocenters. The predicted molar refractivity (Wildman–Crippen MR) is 128 cm³/mol. The summed E-state index contributed by atoms with van der Waals surface area (Å²) in [4.78, 5) is 19.6. The van der Waals surface area contributed by atoms with Gasteiger partial charge in [0, 0.05) is 11.3 Å². The second kappa shape index (κ2) is 8.39. The van der Waals surface area contributed by atoms with Gasteiger partial charge in [-0.1, -0.05) is 76.9 Å². The van der Waals surface area contributed by atoms with Crippen LogP contribution >= 0.6 is 0 Å². The lowest BCUT2D eigenvalue weighted by Crippen LogP contribution is -2.46. The van der Waals surface area contributed by atoms with E-state index in [9.17, 15) is 4.79 Å². The Hall–Kier alpha value is -4.19. The Morgan fingerprint density at radius 3 is 2.36 bits per heavy atom. The van der Waals surface area contributed by atoms with Gasteiger partial charge in [0.2, 0.25) is 5.82 Å². The highest BCUT2D eigenvalue weighted by Gasteiger charge is 2.36. The van der Waals surface area contributed by atoms with Gasteiger partial charge in [-0.15, -0.1) is 0 Å². The molecule has 0 aliphatic carbocycles. The summed E-state index contributed by atoms with van der Waals surface area (Å²) < 4.78 is 5.76. The Kier molecular flexibility index (Phi) is 5.26. The van der Waals surface area contributed by atoms with Gasteiger partial charge in [0.1, 0.15) is 0 Å². The number of urea groups is 1. The molecule has 0 bridgehead atoms. The number of anilines is 1. The molecule has 2 amide bonds. The van der Waals surface area contributed by atoms with Crippen LogP contribution in [0.3, 0.4) is 0 Å². The molecule has 0 spiro atoms. The highest BCUT2D eigenvalue weighted by Crippen LogP contribution is 2.39. The molecule has 4 aromatic rings. The first-order chi connectivity index (χ1) is 16.0. The van der Waals surface area contributed by atoms with Crippen LogP contribution in [-0.2, 0) is 0 Å². The summed E-state index contributed by atoms with van der Waals surface area (Å²) >= 11 is 0. The fourth-order valence-electron chi connectivity index (χ4n) is 4.15. The summed E-state index contributed by atoms with van der Waals surface area (Å²) in [6, 6.07) is 25.0. The lowest BCUT2D eigenvalue weighted by Gasteiger charge is -2.35. The quantitative estimate of drug-likeness (QED) is 0.422. The molecule has 1 aromatic heterocycles. The molecule has 1 atom stereocenters. The van der Waals surface area contributed by atoms with Crippen LogP contribution in [-0.4, -0.2) is 16.2 Å². The monoisotopic (exact) mass is 436 g/mol. The van der Waals surface area contributed by atoms with E-state index in [1.165, 1.54) is 0 Å². The lowest BCUT2D eigenvalue weighted by atomic mass is 9.94. The Bertz CT molecular complexity index is 1340. The van der Waals surface area contributed by atoms with Gasteiger partial charge in [-0.2, -0.15) is 4.98 Å². The minimum absolute atomic E-state index is 0.202. The molecule has 3 aromatic carbocycles. The number of aryl methyl sites for hydroxylation is 2. The summed E-state index contributed by atoms with van der Waals surface area (Å²) in [5.74, 6) is 0.898. The van der Waals surface area contributed by atoms with Gasteiger partial charge < -0.3 is 9.84 Å². The molecule has 33 heavy (non-hydrogen) atoms. The molecule has 164 valence electrons. The van der Waals surface area contributed by atoms with E-state index in [1.807, 2.05) is 99.6 Å². The lowest BCUT2D eigenvalue weighted by molar-refractivity contribution is 0.244. The topological polar surface area (TPSA) is 71.3 Å². The van der Waals surface area contributed by atoms with Gasteiger partial charge >= 0.3 is 6.03 Å². The number of hydrogen-bond acceptors (Lipinski definition) is 4. The Labute approximate surface area is 192 Å². The van der Waals surface area contributed by atoms with Gasteiger partial charge in [0.05, 0.1) is 17.3 Å². The second-order valence-corrected chi connectivity index (χ2v) is 8.26. The van der Waals surface area contributed by atoms with Crippen molar-refractivity contribution < 1.29 is 9.32 Å². The van der Waals surface area contributed by atoms with Crippen molar-refractivity contribution in [3.8, 4) is 11.4 Å². The van der Waals surface area contributed by atoms with Gasteiger partial charge in [-0.3, -0.25) is 4.90 Å². The maximum Gasteiger partial charge on any atom is 0.326 e. The number of carbonyl (C=O) groups excluding carboxylic acids is 1. The largest absolute Gasteiger partial charge is 0.334 e. The van der Waals surface area contributed by atoms with Crippen LogP contribution in [0.1, 0.15) is 35.5 Å². The highest BCUT2D eigenvalue weighted by atomic mass is 16.5. The molecule has 6 heteroatoms. The maximum atomic E-state index is 13.2. The van der Waals surface area contributed by atoms with Gasteiger partial charge in [-0.25, -0.2) is 4.79 Å². The van der Waals surface area contributed by atoms with Crippen LogP contribution in [0, 0.1) is 13.8 Å². The summed E-state index contributed by atoms with van der Waals surface area (Å²) in [6.07, 6.45) is 0. The van der Waals surface area contributed by atoms with Gasteiger partial charge in [0.15, 0.2) is 0 Å². The molecule has 0 radical (unpaired) electrons. The third kappa shape index (κ3) is 3.91. The first-order valence-electron chi connectivity index (χ1n) is 10.9. The van der Waals surface area contributed by atoms with Crippen molar-refractivity contribution in [2.45, 2.75) is 26.8 Å². The van der Waals surface area contributed by atoms with Gasteiger partial charge in [-0.05, 0) is 44.5 Å². The first-order valence-corrected chi connectivity index (χ1v) is 10.9. The predicted octanol–water partition coefficient (Wildman–Crippen LogP) is 6.06. The molecular formula is C27H24N4O2. The van der Waals surface area contributed by atoms with Crippen molar-refractivity contribution in [1.29, 1.82) is 0 Å². The van der Waals surface area contributed by atoms with E-state index in [4.69, 9.17) is 9.51 Å². The molecule has 1 aliphatic heterocycles. The fraction of sp³-hybridized carbons (Fsp3) is 0.148. The average Bonchev–Trinajstić information content (AvgIpc) is 3.30. The number of rotatable bonds is 4. The summed E-state index contributed by atoms with van der Waals surface area (Å²) in [5.41, 5.74) is 6.36. The van der Waals surface area contributed by atoms with Crippen LogP contribution in [0.25, 0.3) is 17.0 Å². The minimum atomic E-state index is -0.411. The minimum Gasteiger partial charge on any atom is -0.334 e. The second-order valence-electron chi connectivity index (χ2n) is 8.26. The number of amides is 2. The van der Waals surface area contributed by atoms with E-state index in [-0.39, 0.29) is 6.03 Å². The standard InChI is InChI=1S/C27H24N4O2/c1-17-12-14-22(15-13-17)31-19(3)23(24(28-27(31)32)20-9-5-4-6-10-20)26-29-25(30-33-26)21-11-7-8-18(2)16-21/h4-16,24H,1-3H3,(H,28,32). The van der Waals surface area contributed by atoms with E-state index < -0.39 is 6.04 Å². The van der Waals surface area contributed by atoms with Crippen molar-refractivity contribution in [1.82, 2.24) is 15.5 Å². The van der Waals surface area contributed by atoms with E-state index in [0.717, 1.165) is 39.2 Å². The molecule has 6 nitrogen and oxygen atoms in total. The summed E-state index contributed by atoms with van der Waals surface area (Å²) in [6.45, 7) is 5.96. The number of nitrogens with one attached hydrogen (secondary N) is 1. The van der Waals surface area contributed by atoms with Crippen molar-refractivity contribution in [3.05, 3.63) is 107 Å². The van der Waals surface area contributed by atoms with Crippen LogP contribution in [0.2, 0.25) is 0 Å². The van der Waals surface area contributed by atoms with E-state index in [2.05, 4.69) is 10.5 Å². The first kappa shape index (κ1) is 20.7. The molecule has 1 N–H and O–H groups in total. The molecular weight excluding hydrogens is 412 g/mol. The third-order valence-corrected chi connectivity index (χ3v) is 5.84. The average molecular weight is 437 g/mol. The highest BCUT2D eigenvalue weighted by molar-refractivity contribution is 6.01. The van der Waals surface area contributed by atoms with Crippen LogP contribution in [0.15, 0.2) is 89.1 Å². The van der Waals surface area contributed by atoms with Crippen LogP contribution in [0.4, 0.5) is 10.5 Å². The zero-order valence-electron chi connectivity index (χ0n) is 18.7. The summed E-state index contributed by atoms with van der Waals surface area (Å²) in [5, 5.41) is 7.38. The normalized spacial score (nSPS) is 16.2. The number of carbonyl (C=O) groups is 1. The number of aromatic nitrogens is 2. The molecule has 0 saturated heterocycles. The Morgan fingerprint density at radius 1 is 0.879 bits per heavy atom. The molecule has 2 heterocycles. The Balaban J connectivity index is 1.65. The zero-order valence-corrected chi connectivity index (χ0v) is 18.7. The van der Waals surface area contributed by atoms with E-state index in [1.54, 1.807) is 4.90 Å². The number of nitrogens with zero attached hydrogens (tertiary/aromatic N) is 3. The number of hydrogen-bond donors (Lipinski definition) is 1.